The number of benzene rings is 2. The number of halogens is 1. The zero-order valence-electron chi connectivity index (χ0n) is 12.6. The molecular formula is C18H22BrNO. The van der Waals surface area contributed by atoms with Gasteiger partial charge < -0.3 is 10.1 Å². The van der Waals surface area contributed by atoms with Gasteiger partial charge in [-0.1, -0.05) is 40.2 Å². The summed E-state index contributed by atoms with van der Waals surface area (Å²) >= 11 is 3.54. The molecular weight excluding hydrogens is 326 g/mol. The van der Waals surface area contributed by atoms with Gasteiger partial charge in [0.1, 0.15) is 5.75 Å². The topological polar surface area (TPSA) is 21.3 Å². The van der Waals surface area contributed by atoms with Crippen molar-refractivity contribution in [2.75, 3.05) is 20.7 Å². The number of methoxy groups -OCH3 is 1. The van der Waals surface area contributed by atoms with Crippen molar-refractivity contribution in [1.82, 2.24) is 5.32 Å². The number of hydrogen-bond donors (Lipinski definition) is 1. The van der Waals surface area contributed by atoms with E-state index in [1.54, 1.807) is 7.11 Å². The number of nitrogens with one attached hydrogen (secondary N) is 1. The van der Waals surface area contributed by atoms with Crippen LogP contribution in [-0.4, -0.2) is 20.7 Å². The maximum atomic E-state index is 5.21. The van der Waals surface area contributed by atoms with Gasteiger partial charge in [0, 0.05) is 4.47 Å². The van der Waals surface area contributed by atoms with Crippen molar-refractivity contribution >= 4 is 15.9 Å². The molecule has 0 aliphatic carbocycles. The predicted molar refractivity (Wildman–Crippen MR) is 92.0 cm³/mol. The van der Waals surface area contributed by atoms with Gasteiger partial charge in [0.25, 0.3) is 0 Å². The Morgan fingerprint density at radius 1 is 1.05 bits per heavy atom. The summed E-state index contributed by atoms with van der Waals surface area (Å²) in [7, 11) is 3.72. The van der Waals surface area contributed by atoms with Crippen LogP contribution >= 0.6 is 15.9 Å². The van der Waals surface area contributed by atoms with Crippen molar-refractivity contribution in [3.8, 4) is 5.75 Å². The molecule has 0 saturated heterocycles. The first-order valence-electron chi connectivity index (χ1n) is 7.23. The standard InChI is InChI=1S/C18H22BrNO/c1-20-13-16(11-15-4-3-5-17(19)12-15)10-14-6-8-18(21-2)9-7-14/h3-9,12,16,20H,10-11,13H2,1-2H3. The molecule has 1 unspecified atom stereocenters. The van der Waals surface area contributed by atoms with Gasteiger partial charge in [-0.15, -0.1) is 0 Å². The van der Waals surface area contributed by atoms with Crippen LogP contribution in [0.4, 0.5) is 0 Å². The summed E-state index contributed by atoms with van der Waals surface area (Å²) in [4.78, 5) is 0. The van der Waals surface area contributed by atoms with Crippen LogP contribution in [-0.2, 0) is 12.8 Å². The third kappa shape index (κ3) is 5.18. The summed E-state index contributed by atoms with van der Waals surface area (Å²) < 4.78 is 6.36. The molecule has 0 aliphatic rings. The maximum absolute atomic E-state index is 5.21. The fourth-order valence-electron chi connectivity index (χ4n) is 2.60. The first-order chi connectivity index (χ1) is 10.2. The molecule has 0 spiro atoms. The molecule has 2 aromatic rings. The van der Waals surface area contributed by atoms with Gasteiger partial charge in [-0.25, -0.2) is 0 Å². The Bertz CT molecular complexity index is 553. The van der Waals surface area contributed by atoms with E-state index in [2.05, 4.69) is 57.6 Å². The highest BCUT2D eigenvalue weighted by Crippen LogP contribution is 2.19. The second kappa shape index (κ2) is 8.20. The first kappa shape index (κ1) is 16.1. The average molecular weight is 348 g/mol. The van der Waals surface area contributed by atoms with Gasteiger partial charge in [-0.3, -0.25) is 0 Å². The molecule has 0 fully saturated rings. The third-order valence-corrected chi connectivity index (χ3v) is 4.08. The van der Waals surface area contributed by atoms with E-state index in [-0.39, 0.29) is 0 Å². The lowest BCUT2D eigenvalue weighted by molar-refractivity contribution is 0.414. The van der Waals surface area contributed by atoms with Crippen LogP contribution in [0.2, 0.25) is 0 Å². The van der Waals surface area contributed by atoms with E-state index >= 15 is 0 Å². The quantitative estimate of drug-likeness (QED) is 0.814. The molecule has 1 atom stereocenters. The van der Waals surface area contributed by atoms with Gasteiger partial charge in [0.05, 0.1) is 7.11 Å². The van der Waals surface area contributed by atoms with E-state index < -0.39 is 0 Å². The fraction of sp³-hybridized carbons (Fsp3) is 0.333. The highest BCUT2D eigenvalue weighted by Gasteiger charge is 2.10. The molecule has 0 amide bonds. The smallest absolute Gasteiger partial charge is 0.118 e. The first-order valence-corrected chi connectivity index (χ1v) is 8.02. The molecule has 3 heteroatoms. The zero-order chi connectivity index (χ0) is 15.1. The third-order valence-electron chi connectivity index (χ3n) is 3.59. The van der Waals surface area contributed by atoms with Crippen LogP contribution in [0.5, 0.6) is 5.75 Å². The summed E-state index contributed by atoms with van der Waals surface area (Å²) in [6.45, 7) is 1.01. The molecule has 0 aromatic heterocycles. The van der Waals surface area contributed by atoms with Crippen LogP contribution in [0.15, 0.2) is 53.0 Å². The Labute approximate surface area is 135 Å². The molecule has 0 bridgehead atoms. The number of rotatable bonds is 7. The Morgan fingerprint density at radius 2 is 1.76 bits per heavy atom. The van der Waals surface area contributed by atoms with E-state index in [1.807, 2.05) is 19.2 Å². The van der Waals surface area contributed by atoms with Crippen molar-refractivity contribution in [3.63, 3.8) is 0 Å². The summed E-state index contributed by atoms with van der Waals surface area (Å²) in [6.07, 6.45) is 2.14. The molecule has 112 valence electrons. The van der Waals surface area contributed by atoms with E-state index in [4.69, 9.17) is 4.74 Å². The van der Waals surface area contributed by atoms with Crippen molar-refractivity contribution in [2.24, 2.45) is 5.92 Å². The van der Waals surface area contributed by atoms with Crippen molar-refractivity contribution < 1.29 is 4.74 Å². The van der Waals surface area contributed by atoms with Crippen LogP contribution in [0.1, 0.15) is 11.1 Å². The molecule has 1 N–H and O–H groups in total. The summed E-state index contributed by atoms with van der Waals surface area (Å²) in [5.74, 6) is 1.49. The van der Waals surface area contributed by atoms with Crippen LogP contribution in [0.3, 0.4) is 0 Å². The van der Waals surface area contributed by atoms with Crippen LogP contribution in [0.25, 0.3) is 0 Å². The summed E-state index contributed by atoms with van der Waals surface area (Å²) in [5, 5.41) is 3.31. The monoisotopic (exact) mass is 347 g/mol. The van der Waals surface area contributed by atoms with Gasteiger partial charge in [-0.2, -0.15) is 0 Å². The zero-order valence-corrected chi connectivity index (χ0v) is 14.2. The molecule has 2 nitrogen and oxygen atoms in total. The van der Waals surface area contributed by atoms with Gasteiger partial charge >= 0.3 is 0 Å². The summed E-state index contributed by atoms with van der Waals surface area (Å²) in [5.41, 5.74) is 2.73. The largest absolute Gasteiger partial charge is 0.497 e. The predicted octanol–water partition coefficient (Wildman–Crippen LogP) is 4.08. The highest BCUT2D eigenvalue weighted by atomic mass is 79.9. The van der Waals surface area contributed by atoms with Gasteiger partial charge in [0.15, 0.2) is 0 Å². The van der Waals surface area contributed by atoms with E-state index in [0.29, 0.717) is 5.92 Å². The normalized spacial score (nSPS) is 12.1. The van der Waals surface area contributed by atoms with Crippen LogP contribution < -0.4 is 10.1 Å². The minimum Gasteiger partial charge on any atom is -0.497 e. The Hall–Kier alpha value is -1.32. The van der Waals surface area contributed by atoms with Crippen molar-refractivity contribution in [1.29, 1.82) is 0 Å². The number of hydrogen-bond acceptors (Lipinski definition) is 2. The second-order valence-corrected chi connectivity index (χ2v) is 6.23. The van der Waals surface area contributed by atoms with Crippen LogP contribution in [0, 0.1) is 5.92 Å². The minimum atomic E-state index is 0.581. The van der Waals surface area contributed by atoms with Gasteiger partial charge in [0.2, 0.25) is 0 Å². The van der Waals surface area contributed by atoms with Crippen molar-refractivity contribution in [3.05, 3.63) is 64.1 Å². The molecule has 0 aliphatic heterocycles. The maximum Gasteiger partial charge on any atom is 0.118 e. The fourth-order valence-corrected chi connectivity index (χ4v) is 3.04. The second-order valence-electron chi connectivity index (χ2n) is 5.31. The molecule has 21 heavy (non-hydrogen) atoms. The Balaban J connectivity index is 2.04. The summed E-state index contributed by atoms with van der Waals surface area (Å²) in [6, 6.07) is 16.9. The SMILES string of the molecule is CNCC(Cc1ccc(OC)cc1)Cc1cccc(Br)c1. The molecule has 0 heterocycles. The Kier molecular flexibility index (Phi) is 6.27. The lowest BCUT2D eigenvalue weighted by Gasteiger charge is -2.17. The average Bonchev–Trinajstić information content (AvgIpc) is 2.48. The van der Waals surface area contributed by atoms with Gasteiger partial charge in [-0.05, 0) is 67.7 Å². The lowest BCUT2D eigenvalue weighted by atomic mass is 9.92. The molecule has 2 rings (SSSR count). The Morgan fingerprint density at radius 3 is 2.38 bits per heavy atom. The molecule has 0 saturated carbocycles. The number of ether oxygens (including phenoxy) is 1. The lowest BCUT2D eigenvalue weighted by Crippen LogP contribution is -2.22. The van der Waals surface area contributed by atoms with E-state index in [0.717, 1.165) is 29.6 Å². The van der Waals surface area contributed by atoms with Crippen molar-refractivity contribution in [2.45, 2.75) is 12.8 Å². The molecule has 0 radical (unpaired) electrons. The van der Waals surface area contributed by atoms with E-state index in [1.165, 1.54) is 11.1 Å². The van der Waals surface area contributed by atoms with E-state index in [9.17, 15) is 0 Å². The highest BCUT2D eigenvalue weighted by molar-refractivity contribution is 9.10. The minimum absolute atomic E-state index is 0.581. The molecule has 2 aromatic carbocycles.